The minimum absolute atomic E-state index is 0.541. The number of anilines is 3. The Morgan fingerprint density at radius 3 is 1.51 bits per heavy atom. The third-order valence-electron chi connectivity index (χ3n) is 18.3. The monoisotopic (exact) mass is 1040 g/mol. The number of hydrogen-bond donors (Lipinski definition) is 0. The topological polar surface area (TPSA) is 8.17 Å². The summed E-state index contributed by atoms with van der Waals surface area (Å²) in [5.74, 6) is 0. The number of hydrogen-bond acceptors (Lipinski definition) is 1. The number of para-hydroxylation sites is 4. The van der Waals surface area contributed by atoms with Crippen LogP contribution in [0.5, 0.6) is 0 Å². The molecular weight excluding hydrogens is 989 g/mol. The third-order valence-corrected chi connectivity index (χ3v) is 18.3. The summed E-state index contributed by atoms with van der Waals surface area (Å²) in [7, 11) is 0. The van der Waals surface area contributed by atoms with Crippen LogP contribution in [-0.4, -0.2) is 4.57 Å². The van der Waals surface area contributed by atoms with Gasteiger partial charge in [-0.15, -0.1) is 0 Å². The van der Waals surface area contributed by atoms with Crippen LogP contribution in [0.1, 0.15) is 44.5 Å². The van der Waals surface area contributed by atoms with Crippen molar-refractivity contribution < 1.29 is 0 Å². The number of benzene rings is 13. The van der Waals surface area contributed by atoms with E-state index in [4.69, 9.17) is 0 Å². The molecule has 3 aliphatic rings. The number of nitrogens with zero attached hydrogens (tertiary/aromatic N) is 2. The summed E-state index contributed by atoms with van der Waals surface area (Å²) in [6, 6.07) is 118. The van der Waals surface area contributed by atoms with Crippen LogP contribution in [-0.2, 0) is 10.8 Å². The standard InChI is InChI=1S/C80H52N2/c1-4-22-53(23-5-1)54-42-44-56(45-43-54)61-28-12-17-38-73(61)81(76-41-21-36-70-77(76)66-31-11-15-34-68(66)79(70,58-24-6-2-7-25-58)59-26-8-3-9-27-59)60-49-46-55(47-50-60)57-48-51-63-62-29-10-14-33-67(62)80(72(63)52-57)69-35-16-19-40-75(69)82-74-39-18-13-30-64(74)65-32-20-37-71(80)78(65)82/h1-52H. The Bertz CT molecular complexity index is 4800. The molecule has 14 aromatic rings. The van der Waals surface area contributed by atoms with Gasteiger partial charge in [0, 0.05) is 27.6 Å². The Morgan fingerprint density at radius 2 is 0.756 bits per heavy atom. The van der Waals surface area contributed by atoms with Crippen LogP contribution in [0.3, 0.4) is 0 Å². The second-order valence-electron chi connectivity index (χ2n) is 22.2. The first-order valence-electron chi connectivity index (χ1n) is 28.6. The molecule has 2 heterocycles. The maximum absolute atomic E-state index is 2.53. The van der Waals surface area contributed by atoms with Gasteiger partial charge in [0.05, 0.1) is 38.9 Å². The number of aromatic nitrogens is 1. The molecule has 2 aliphatic carbocycles. The first kappa shape index (κ1) is 46.4. The average molecular weight is 1040 g/mol. The predicted octanol–water partition coefficient (Wildman–Crippen LogP) is 20.3. The molecule has 382 valence electrons. The lowest BCUT2D eigenvalue weighted by atomic mass is 9.65. The zero-order chi connectivity index (χ0) is 53.9. The van der Waals surface area contributed by atoms with Crippen molar-refractivity contribution >= 4 is 38.9 Å². The molecule has 0 fully saturated rings. The van der Waals surface area contributed by atoms with E-state index in [2.05, 4.69) is 325 Å². The molecule has 2 heteroatoms. The second kappa shape index (κ2) is 18.0. The highest BCUT2D eigenvalue weighted by Gasteiger charge is 2.51. The van der Waals surface area contributed by atoms with E-state index in [-0.39, 0.29) is 0 Å². The molecule has 0 radical (unpaired) electrons. The Balaban J connectivity index is 0.868. The molecule has 1 spiro atoms. The summed E-state index contributed by atoms with van der Waals surface area (Å²) in [6.07, 6.45) is 0. The van der Waals surface area contributed by atoms with Crippen molar-refractivity contribution in [2.24, 2.45) is 0 Å². The van der Waals surface area contributed by atoms with Crippen molar-refractivity contribution in [1.29, 1.82) is 0 Å². The maximum Gasteiger partial charge on any atom is 0.0754 e. The molecule has 17 rings (SSSR count). The SMILES string of the molecule is c1ccc(-c2ccc(-c3ccccc3N(c3ccc(-c4ccc5c(c4)C4(c6ccccc6-5)c5ccccc5-n5c6ccccc6c6cccc4c65)cc3)c3cccc4c3-c3ccccc3C4(c3ccccc3)c3ccccc3)cc2)cc1. The fraction of sp³-hybridized carbons (Fsp3) is 0.0250. The highest BCUT2D eigenvalue weighted by atomic mass is 15.1. The van der Waals surface area contributed by atoms with Gasteiger partial charge in [-0.2, -0.15) is 0 Å². The van der Waals surface area contributed by atoms with Crippen LogP contribution in [0.4, 0.5) is 17.1 Å². The molecule has 0 saturated carbocycles. The van der Waals surface area contributed by atoms with E-state index in [1.54, 1.807) is 0 Å². The quantitative estimate of drug-likeness (QED) is 0.147. The van der Waals surface area contributed by atoms with Crippen LogP contribution in [0.15, 0.2) is 315 Å². The van der Waals surface area contributed by atoms with Crippen LogP contribution < -0.4 is 4.90 Å². The summed E-state index contributed by atoms with van der Waals surface area (Å²) in [5.41, 5.74) is 28.4. The van der Waals surface area contributed by atoms with Crippen LogP contribution in [0.25, 0.3) is 83.1 Å². The van der Waals surface area contributed by atoms with E-state index in [9.17, 15) is 0 Å². The molecule has 2 nitrogen and oxygen atoms in total. The molecule has 82 heavy (non-hydrogen) atoms. The van der Waals surface area contributed by atoms with Crippen molar-refractivity contribution in [1.82, 2.24) is 4.57 Å². The summed E-state index contributed by atoms with van der Waals surface area (Å²) in [6.45, 7) is 0. The highest BCUT2D eigenvalue weighted by Crippen LogP contribution is 2.63. The molecular formula is C80H52N2. The first-order chi connectivity index (χ1) is 40.7. The normalized spacial score (nSPS) is 14.7. The smallest absolute Gasteiger partial charge is 0.0754 e. The van der Waals surface area contributed by atoms with Crippen LogP contribution >= 0.6 is 0 Å². The molecule has 1 aliphatic heterocycles. The van der Waals surface area contributed by atoms with Crippen molar-refractivity contribution in [2.45, 2.75) is 10.8 Å². The van der Waals surface area contributed by atoms with E-state index >= 15 is 0 Å². The lowest BCUT2D eigenvalue weighted by Gasteiger charge is -2.39. The molecule has 13 aromatic carbocycles. The molecule has 1 aromatic heterocycles. The van der Waals surface area contributed by atoms with Crippen molar-refractivity contribution in [3.63, 3.8) is 0 Å². The van der Waals surface area contributed by atoms with E-state index in [1.807, 2.05) is 0 Å². The molecule has 0 saturated heterocycles. The van der Waals surface area contributed by atoms with Crippen LogP contribution in [0.2, 0.25) is 0 Å². The van der Waals surface area contributed by atoms with E-state index in [1.165, 1.54) is 111 Å². The van der Waals surface area contributed by atoms with Gasteiger partial charge >= 0.3 is 0 Å². The lowest BCUT2D eigenvalue weighted by Crippen LogP contribution is -2.33. The minimum atomic E-state index is -0.557. The fourth-order valence-electron chi connectivity index (χ4n) is 15.0. The van der Waals surface area contributed by atoms with Gasteiger partial charge in [-0.1, -0.05) is 273 Å². The van der Waals surface area contributed by atoms with Gasteiger partial charge in [-0.3, -0.25) is 0 Å². The fourth-order valence-corrected chi connectivity index (χ4v) is 15.0. The Labute approximate surface area is 477 Å². The maximum atomic E-state index is 2.53. The number of fused-ring (bicyclic) bond motifs is 15. The summed E-state index contributed by atoms with van der Waals surface area (Å²) in [4.78, 5) is 2.53. The van der Waals surface area contributed by atoms with Gasteiger partial charge in [0.2, 0.25) is 0 Å². The molecule has 0 bridgehead atoms. The minimum Gasteiger partial charge on any atom is -0.309 e. The van der Waals surface area contributed by atoms with Gasteiger partial charge in [-0.05, 0) is 131 Å². The highest BCUT2D eigenvalue weighted by molar-refractivity contribution is 6.13. The summed E-state index contributed by atoms with van der Waals surface area (Å²) < 4.78 is 2.53. The van der Waals surface area contributed by atoms with Gasteiger partial charge in [0.25, 0.3) is 0 Å². The van der Waals surface area contributed by atoms with Crippen molar-refractivity contribution in [3.05, 3.63) is 360 Å². The molecule has 1 atom stereocenters. The van der Waals surface area contributed by atoms with Crippen LogP contribution in [0, 0.1) is 0 Å². The third kappa shape index (κ3) is 6.40. The molecule has 0 N–H and O–H groups in total. The van der Waals surface area contributed by atoms with Crippen molar-refractivity contribution in [3.8, 4) is 61.3 Å². The Kier molecular flexibility index (Phi) is 10.2. The number of rotatable bonds is 8. The van der Waals surface area contributed by atoms with E-state index < -0.39 is 10.8 Å². The first-order valence-corrected chi connectivity index (χ1v) is 28.6. The summed E-state index contributed by atoms with van der Waals surface area (Å²) >= 11 is 0. The Morgan fingerprint density at radius 1 is 0.268 bits per heavy atom. The zero-order valence-electron chi connectivity index (χ0n) is 44.9. The lowest BCUT2D eigenvalue weighted by molar-refractivity contribution is 0.749. The van der Waals surface area contributed by atoms with Gasteiger partial charge in [0.15, 0.2) is 0 Å². The van der Waals surface area contributed by atoms with Gasteiger partial charge in [0.1, 0.15) is 0 Å². The van der Waals surface area contributed by atoms with E-state index in [0.717, 1.165) is 33.8 Å². The summed E-state index contributed by atoms with van der Waals surface area (Å²) in [5, 5.41) is 2.56. The average Bonchev–Trinajstić information content (AvgIpc) is 4.29. The molecule has 0 amide bonds. The molecule has 1 unspecified atom stereocenters. The largest absolute Gasteiger partial charge is 0.309 e. The van der Waals surface area contributed by atoms with Gasteiger partial charge < -0.3 is 9.47 Å². The van der Waals surface area contributed by atoms with Gasteiger partial charge in [-0.25, -0.2) is 0 Å². The predicted molar refractivity (Wildman–Crippen MR) is 340 cm³/mol. The van der Waals surface area contributed by atoms with E-state index in [0.29, 0.717) is 0 Å². The second-order valence-corrected chi connectivity index (χ2v) is 22.2. The van der Waals surface area contributed by atoms with Crippen molar-refractivity contribution in [2.75, 3.05) is 4.90 Å². The Hall–Kier alpha value is -10.5. The zero-order valence-corrected chi connectivity index (χ0v) is 44.9.